The molecule has 0 saturated carbocycles. The average Bonchev–Trinajstić information content (AvgIpc) is 3.03. The lowest BCUT2D eigenvalue weighted by atomic mass is 9.79. The van der Waals surface area contributed by atoms with E-state index in [1.54, 1.807) is 16.9 Å². The Kier molecular flexibility index (Phi) is 4.71. The first-order valence-corrected chi connectivity index (χ1v) is 8.42. The van der Waals surface area contributed by atoms with Crippen LogP contribution < -0.4 is 11.1 Å². The lowest BCUT2D eigenvalue weighted by molar-refractivity contribution is -0.132. The predicted octanol–water partition coefficient (Wildman–Crippen LogP) is 1.02. The number of carbonyl (C=O) groups excluding carboxylic acids is 2. The number of pyridine rings is 1. The highest BCUT2D eigenvalue weighted by molar-refractivity contribution is 5.97. The van der Waals surface area contributed by atoms with Gasteiger partial charge < -0.3 is 15.8 Å². The average molecular weight is 345 g/mol. The molecule has 2 aromatic rings. The number of carbonyl (C=O) groups is 2. The SMILES string of the molecule is CC(C)n1ncc2cc(C(=O)NCC3(C(N)=O)CCOCC3)cnc21. The van der Waals surface area contributed by atoms with E-state index in [1.165, 1.54) is 6.20 Å². The third-order valence-corrected chi connectivity index (χ3v) is 4.74. The van der Waals surface area contributed by atoms with Crippen LogP contribution >= 0.6 is 0 Å². The number of hydrogen-bond donors (Lipinski definition) is 2. The Morgan fingerprint density at radius 2 is 2.08 bits per heavy atom. The molecule has 25 heavy (non-hydrogen) atoms. The van der Waals surface area contributed by atoms with Crippen molar-refractivity contribution in [2.45, 2.75) is 32.7 Å². The summed E-state index contributed by atoms with van der Waals surface area (Å²) in [6, 6.07) is 1.94. The van der Waals surface area contributed by atoms with Crippen LogP contribution in [-0.2, 0) is 9.53 Å². The molecule has 2 aromatic heterocycles. The van der Waals surface area contributed by atoms with E-state index in [0.717, 1.165) is 11.0 Å². The van der Waals surface area contributed by atoms with Crippen molar-refractivity contribution in [2.24, 2.45) is 11.1 Å². The number of nitrogens with zero attached hydrogens (tertiary/aromatic N) is 3. The van der Waals surface area contributed by atoms with Gasteiger partial charge in [-0.2, -0.15) is 5.10 Å². The molecule has 8 nitrogen and oxygen atoms in total. The minimum absolute atomic E-state index is 0.189. The van der Waals surface area contributed by atoms with Crippen molar-refractivity contribution >= 4 is 22.8 Å². The fraction of sp³-hybridized carbons (Fsp3) is 0.529. The Balaban J connectivity index is 1.74. The molecule has 134 valence electrons. The number of aromatic nitrogens is 3. The molecule has 0 atom stereocenters. The van der Waals surface area contributed by atoms with Crippen molar-refractivity contribution in [2.75, 3.05) is 19.8 Å². The van der Waals surface area contributed by atoms with Crippen molar-refractivity contribution < 1.29 is 14.3 Å². The van der Waals surface area contributed by atoms with E-state index in [2.05, 4.69) is 15.4 Å². The van der Waals surface area contributed by atoms with Crippen molar-refractivity contribution in [3.63, 3.8) is 0 Å². The summed E-state index contributed by atoms with van der Waals surface area (Å²) in [5.41, 5.74) is 5.99. The van der Waals surface area contributed by atoms with Crippen LogP contribution in [0.25, 0.3) is 11.0 Å². The molecule has 0 radical (unpaired) electrons. The number of rotatable bonds is 5. The zero-order valence-electron chi connectivity index (χ0n) is 14.5. The molecule has 0 unspecified atom stereocenters. The van der Waals surface area contributed by atoms with Gasteiger partial charge in [0.2, 0.25) is 5.91 Å². The third kappa shape index (κ3) is 3.34. The van der Waals surface area contributed by atoms with Gasteiger partial charge in [0, 0.05) is 37.4 Å². The molecule has 3 rings (SSSR count). The van der Waals surface area contributed by atoms with Gasteiger partial charge in [-0.3, -0.25) is 9.59 Å². The molecule has 0 aliphatic carbocycles. The van der Waals surface area contributed by atoms with Gasteiger partial charge in [-0.1, -0.05) is 0 Å². The highest BCUT2D eigenvalue weighted by atomic mass is 16.5. The maximum Gasteiger partial charge on any atom is 0.252 e. The normalized spacial score (nSPS) is 16.9. The molecule has 8 heteroatoms. The highest BCUT2D eigenvalue weighted by Gasteiger charge is 2.38. The van der Waals surface area contributed by atoms with Crippen LogP contribution in [0.4, 0.5) is 0 Å². The highest BCUT2D eigenvalue weighted by Crippen LogP contribution is 2.29. The van der Waals surface area contributed by atoms with E-state index in [0.29, 0.717) is 31.6 Å². The summed E-state index contributed by atoms with van der Waals surface area (Å²) < 4.78 is 7.10. The first-order chi connectivity index (χ1) is 11.9. The van der Waals surface area contributed by atoms with Crippen LogP contribution in [0.5, 0.6) is 0 Å². The van der Waals surface area contributed by atoms with Gasteiger partial charge in [-0.05, 0) is 32.8 Å². The summed E-state index contributed by atoms with van der Waals surface area (Å²) in [5, 5.41) is 7.92. The minimum Gasteiger partial charge on any atom is -0.381 e. The van der Waals surface area contributed by atoms with E-state index < -0.39 is 11.3 Å². The number of nitrogens with one attached hydrogen (secondary N) is 1. The molecular formula is C17H23N5O3. The fourth-order valence-corrected chi connectivity index (χ4v) is 3.07. The van der Waals surface area contributed by atoms with Crippen LogP contribution in [0.15, 0.2) is 18.5 Å². The monoisotopic (exact) mass is 345 g/mol. The smallest absolute Gasteiger partial charge is 0.252 e. The largest absolute Gasteiger partial charge is 0.381 e. The van der Waals surface area contributed by atoms with E-state index >= 15 is 0 Å². The van der Waals surface area contributed by atoms with E-state index in [4.69, 9.17) is 10.5 Å². The van der Waals surface area contributed by atoms with Crippen LogP contribution in [0.3, 0.4) is 0 Å². The Hall–Kier alpha value is -2.48. The minimum atomic E-state index is -0.742. The van der Waals surface area contributed by atoms with Gasteiger partial charge >= 0.3 is 0 Å². The van der Waals surface area contributed by atoms with Crippen molar-refractivity contribution in [1.82, 2.24) is 20.1 Å². The maximum atomic E-state index is 12.5. The Morgan fingerprint density at radius 3 is 2.72 bits per heavy atom. The summed E-state index contributed by atoms with van der Waals surface area (Å²) in [6.07, 6.45) is 4.25. The zero-order chi connectivity index (χ0) is 18.0. The topological polar surface area (TPSA) is 112 Å². The van der Waals surface area contributed by atoms with Gasteiger partial charge in [0.25, 0.3) is 5.91 Å². The molecule has 3 N–H and O–H groups in total. The molecule has 1 fully saturated rings. The lowest BCUT2D eigenvalue weighted by Crippen LogP contribution is -2.49. The van der Waals surface area contributed by atoms with Crippen LogP contribution in [0.2, 0.25) is 0 Å². The van der Waals surface area contributed by atoms with Gasteiger partial charge in [0.05, 0.1) is 17.2 Å². The third-order valence-electron chi connectivity index (χ3n) is 4.74. The number of hydrogen-bond acceptors (Lipinski definition) is 5. The number of amides is 2. The van der Waals surface area contributed by atoms with E-state index in [1.807, 2.05) is 13.8 Å². The van der Waals surface area contributed by atoms with Gasteiger partial charge in [-0.15, -0.1) is 0 Å². The fourth-order valence-electron chi connectivity index (χ4n) is 3.07. The van der Waals surface area contributed by atoms with Crippen LogP contribution in [-0.4, -0.2) is 46.3 Å². The molecule has 3 heterocycles. The molecule has 1 aliphatic heterocycles. The second-order valence-electron chi connectivity index (χ2n) is 6.76. The van der Waals surface area contributed by atoms with E-state index in [9.17, 15) is 9.59 Å². The van der Waals surface area contributed by atoms with Crippen molar-refractivity contribution in [1.29, 1.82) is 0 Å². The molecule has 0 bridgehead atoms. The zero-order valence-corrected chi connectivity index (χ0v) is 14.5. The first kappa shape index (κ1) is 17.3. The number of ether oxygens (including phenoxy) is 1. The Labute approximate surface area is 145 Å². The standard InChI is InChI=1S/C17H23N5O3/c1-11(2)22-14-12(9-21-22)7-13(8-19-14)15(23)20-10-17(16(18)24)3-5-25-6-4-17/h7-9,11H,3-6,10H2,1-2H3,(H2,18,24)(H,20,23). The molecule has 0 aromatic carbocycles. The summed E-state index contributed by atoms with van der Waals surface area (Å²) in [6.45, 7) is 5.19. The quantitative estimate of drug-likeness (QED) is 0.840. The van der Waals surface area contributed by atoms with Gasteiger partial charge in [0.1, 0.15) is 0 Å². The second-order valence-corrected chi connectivity index (χ2v) is 6.76. The molecular weight excluding hydrogens is 322 g/mol. The molecule has 2 amide bonds. The lowest BCUT2D eigenvalue weighted by Gasteiger charge is -2.34. The molecule has 1 saturated heterocycles. The second kappa shape index (κ2) is 6.79. The van der Waals surface area contributed by atoms with E-state index in [-0.39, 0.29) is 18.5 Å². The summed E-state index contributed by atoms with van der Waals surface area (Å²) in [7, 11) is 0. The number of fused-ring (bicyclic) bond motifs is 1. The van der Waals surface area contributed by atoms with Gasteiger partial charge in [-0.25, -0.2) is 9.67 Å². The first-order valence-electron chi connectivity index (χ1n) is 8.42. The van der Waals surface area contributed by atoms with Crippen molar-refractivity contribution in [3.8, 4) is 0 Å². The molecule has 1 aliphatic rings. The summed E-state index contributed by atoms with van der Waals surface area (Å²) in [5.74, 6) is -0.679. The number of primary amides is 1. The number of nitrogens with two attached hydrogens (primary N) is 1. The van der Waals surface area contributed by atoms with Crippen LogP contribution in [0.1, 0.15) is 43.1 Å². The summed E-state index contributed by atoms with van der Waals surface area (Å²) in [4.78, 5) is 28.7. The Bertz CT molecular complexity index is 793. The molecule has 0 spiro atoms. The summed E-state index contributed by atoms with van der Waals surface area (Å²) >= 11 is 0. The van der Waals surface area contributed by atoms with Crippen LogP contribution in [0, 0.1) is 5.41 Å². The predicted molar refractivity (Wildman–Crippen MR) is 91.9 cm³/mol. The van der Waals surface area contributed by atoms with Gasteiger partial charge in [0.15, 0.2) is 5.65 Å². The van der Waals surface area contributed by atoms with Crippen molar-refractivity contribution in [3.05, 3.63) is 24.0 Å². The maximum absolute atomic E-state index is 12.5. The Morgan fingerprint density at radius 1 is 1.36 bits per heavy atom.